The van der Waals surface area contributed by atoms with Crippen LogP contribution in [0.4, 0.5) is 0 Å². The maximum absolute atomic E-state index is 4.74. The minimum atomic E-state index is 0. The van der Waals surface area contributed by atoms with Gasteiger partial charge in [-0.2, -0.15) is 6.42 Å². The van der Waals surface area contributed by atoms with E-state index in [0.717, 1.165) is 19.4 Å². The fraction of sp³-hybridized carbons (Fsp3) is 0.800. The zero-order chi connectivity index (χ0) is 4.83. The van der Waals surface area contributed by atoms with Crippen molar-refractivity contribution in [3.63, 3.8) is 0 Å². The van der Waals surface area contributed by atoms with Crippen molar-refractivity contribution in [2.45, 2.75) is 12.8 Å². The molecule has 0 aliphatic carbocycles. The first kappa shape index (κ1) is 16.0. The van der Waals surface area contributed by atoms with Crippen molar-refractivity contribution < 1.29 is 17.1 Å². The van der Waals surface area contributed by atoms with Gasteiger partial charge in [-0.05, 0) is 0 Å². The number of rotatable bonds is 3. The van der Waals surface area contributed by atoms with Gasteiger partial charge in [0.2, 0.25) is 0 Å². The molecule has 0 aliphatic heterocycles. The van der Waals surface area contributed by atoms with E-state index in [9.17, 15) is 0 Å². The van der Waals surface area contributed by atoms with Gasteiger partial charge < -0.3 is 24.1 Å². The van der Waals surface area contributed by atoms with E-state index in [4.69, 9.17) is 4.74 Å². The second kappa shape index (κ2) is 15.7. The van der Waals surface area contributed by atoms with E-state index in [2.05, 4.69) is 6.92 Å². The minimum Gasteiger partial charge on any atom is -1.00 e. The number of unbranched alkanes of at least 4 members (excludes halogenated alkanes) is 1. The molecule has 0 aromatic heterocycles. The number of hydrogen-bond donors (Lipinski definition) is 0. The molecule has 0 atom stereocenters. The molecule has 0 saturated heterocycles. The van der Waals surface area contributed by atoms with Crippen LogP contribution in [0.5, 0.6) is 0 Å². The predicted octanol–water partition coefficient (Wildman–Crippen LogP) is -2.13. The molecule has 0 fully saturated rings. The Bertz CT molecular complexity index is 24.4. The predicted molar refractivity (Wildman–Crippen MR) is 32.2 cm³/mol. The quantitative estimate of drug-likeness (QED) is 0.251. The molecule has 0 spiro atoms. The molecule has 0 aliphatic rings. The standard InChI is InChI=1S/C5H11O.ClH.Mg/c1-3-4-5-6-2;;/h1,3-5H2,2H3;1H;/q-1;;+2/p-1. The third-order valence-electron chi connectivity index (χ3n) is 0.598. The number of ether oxygens (including phenoxy) is 1. The first-order chi connectivity index (χ1) is 2.91. The topological polar surface area (TPSA) is 9.23 Å². The fourth-order valence-electron chi connectivity index (χ4n) is 0.246. The first-order valence-corrected chi connectivity index (χ1v) is 2.20. The molecule has 0 aromatic rings. The van der Waals surface area contributed by atoms with Crippen LogP contribution >= 0.6 is 0 Å². The number of halogens is 1. The van der Waals surface area contributed by atoms with Gasteiger partial charge in [-0.25, -0.2) is 0 Å². The molecule has 0 radical (unpaired) electrons. The van der Waals surface area contributed by atoms with E-state index in [-0.39, 0.29) is 35.5 Å². The van der Waals surface area contributed by atoms with Crippen molar-refractivity contribution in [3.05, 3.63) is 6.92 Å². The molecule has 46 valence electrons. The molecular weight excluding hydrogens is 136 g/mol. The smallest absolute Gasteiger partial charge is 1.00 e. The van der Waals surface area contributed by atoms with Crippen molar-refractivity contribution in [2.75, 3.05) is 13.7 Å². The monoisotopic (exact) mass is 146 g/mol. The van der Waals surface area contributed by atoms with Crippen LogP contribution in [-0.2, 0) is 4.74 Å². The van der Waals surface area contributed by atoms with Crippen molar-refractivity contribution >= 4 is 23.1 Å². The van der Waals surface area contributed by atoms with Crippen LogP contribution in [0, 0.1) is 6.92 Å². The molecule has 3 heteroatoms. The maximum Gasteiger partial charge on any atom is 2.00 e. The van der Waals surface area contributed by atoms with Crippen molar-refractivity contribution in [1.82, 2.24) is 0 Å². The van der Waals surface area contributed by atoms with Gasteiger partial charge in [-0.15, -0.1) is 0 Å². The summed E-state index contributed by atoms with van der Waals surface area (Å²) in [5.41, 5.74) is 0. The zero-order valence-corrected chi connectivity index (χ0v) is 7.49. The molecule has 0 rings (SSSR count). The second-order valence-corrected chi connectivity index (χ2v) is 1.20. The summed E-state index contributed by atoms with van der Waals surface area (Å²) in [7, 11) is 1.70. The Morgan fingerprint density at radius 1 is 1.50 bits per heavy atom. The van der Waals surface area contributed by atoms with Gasteiger partial charge in [-0.3, -0.25) is 0 Å². The Morgan fingerprint density at radius 3 is 2.12 bits per heavy atom. The van der Waals surface area contributed by atoms with Crippen LogP contribution in [-0.4, -0.2) is 36.8 Å². The van der Waals surface area contributed by atoms with Crippen LogP contribution in [0.1, 0.15) is 12.8 Å². The Hall–Kier alpha value is 1.02. The van der Waals surface area contributed by atoms with Crippen LogP contribution < -0.4 is 12.4 Å². The van der Waals surface area contributed by atoms with E-state index in [1.54, 1.807) is 7.11 Å². The summed E-state index contributed by atoms with van der Waals surface area (Å²) in [5, 5.41) is 0. The van der Waals surface area contributed by atoms with Crippen molar-refractivity contribution in [3.8, 4) is 0 Å². The Morgan fingerprint density at radius 2 is 2.00 bits per heavy atom. The largest absolute Gasteiger partial charge is 2.00 e. The molecule has 0 N–H and O–H groups in total. The van der Waals surface area contributed by atoms with Gasteiger partial charge in [0.1, 0.15) is 0 Å². The third kappa shape index (κ3) is 15.7. The van der Waals surface area contributed by atoms with Gasteiger partial charge in [0.05, 0.1) is 0 Å². The average molecular weight is 147 g/mol. The molecule has 1 nitrogen and oxygen atoms in total. The molecule has 0 aromatic carbocycles. The zero-order valence-electron chi connectivity index (χ0n) is 5.32. The minimum absolute atomic E-state index is 0. The van der Waals surface area contributed by atoms with Crippen LogP contribution in [0.25, 0.3) is 0 Å². The van der Waals surface area contributed by atoms with Gasteiger partial charge in [-0.1, -0.05) is 6.42 Å². The molecular formula is C5H11ClMgO. The van der Waals surface area contributed by atoms with Crippen molar-refractivity contribution in [1.29, 1.82) is 0 Å². The van der Waals surface area contributed by atoms with E-state index < -0.39 is 0 Å². The Kier molecular flexibility index (Phi) is 31.4. The molecule has 0 unspecified atom stereocenters. The summed E-state index contributed by atoms with van der Waals surface area (Å²) in [6.45, 7) is 4.49. The summed E-state index contributed by atoms with van der Waals surface area (Å²) in [6.07, 6.45) is 2.06. The van der Waals surface area contributed by atoms with Crippen molar-refractivity contribution in [2.24, 2.45) is 0 Å². The summed E-state index contributed by atoms with van der Waals surface area (Å²) in [6, 6.07) is 0. The molecule has 8 heavy (non-hydrogen) atoms. The van der Waals surface area contributed by atoms with E-state index in [1.807, 2.05) is 0 Å². The fourth-order valence-corrected chi connectivity index (χ4v) is 0.246. The van der Waals surface area contributed by atoms with Crippen LogP contribution in [0.15, 0.2) is 0 Å². The average Bonchev–Trinajstić information content (AvgIpc) is 1.61. The second-order valence-electron chi connectivity index (χ2n) is 1.20. The van der Waals surface area contributed by atoms with Gasteiger partial charge in [0.15, 0.2) is 0 Å². The normalized spacial score (nSPS) is 6.75. The van der Waals surface area contributed by atoms with Crippen LogP contribution in [0.3, 0.4) is 0 Å². The summed E-state index contributed by atoms with van der Waals surface area (Å²) >= 11 is 0. The van der Waals surface area contributed by atoms with Crippen LogP contribution in [0.2, 0.25) is 0 Å². The van der Waals surface area contributed by atoms with Gasteiger partial charge in [0.25, 0.3) is 0 Å². The summed E-state index contributed by atoms with van der Waals surface area (Å²) < 4.78 is 4.74. The number of methoxy groups -OCH3 is 1. The first-order valence-electron chi connectivity index (χ1n) is 2.20. The summed E-state index contributed by atoms with van der Waals surface area (Å²) in [4.78, 5) is 0. The third-order valence-corrected chi connectivity index (χ3v) is 0.598. The molecule has 0 heterocycles. The molecule has 0 saturated carbocycles. The van der Waals surface area contributed by atoms with E-state index >= 15 is 0 Å². The Balaban J connectivity index is -0.000000125. The maximum atomic E-state index is 4.74. The number of hydrogen-bond acceptors (Lipinski definition) is 1. The van der Waals surface area contributed by atoms with Gasteiger partial charge >= 0.3 is 23.1 Å². The van der Waals surface area contributed by atoms with E-state index in [0.29, 0.717) is 0 Å². The summed E-state index contributed by atoms with van der Waals surface area (Å²) in [5.74, 6) is 0. The molecule has 0 bridgehead atoms. The molecule has 0 amide bonds. The van der Waals surface area contributed by atoms with Gasteiger partial charge in [0, 0.05) is 13.7 Å². The SMILES string of the molecule is [CH2-]CCCOC.[Cl-].[Mg+2]. The Labute approximate surface area is 73.7 Å². The van der Waals surface area contributed by atoms with E-state index in [1.165, 1.54) is 0 Å².